The lowest BCUT2D eigenvalue weighted by Gasteiger charge is -2.12. The topological polar surface area (TPSA) is 24.9 Å². The minimum atomic E-state index is 0.968. The average molecular weight is 246 g/mol. The molecule has 0 radical (unpaired) electrons. The minimum absolute atomic E-state index is 0.968. The average Bonchev–Trinajstić information content (AvgIpc) is 2.79. The summed E-state index contributed by atoms with van der Waals surface area (Å²) >= 11 is 1.65. The van der Waals surface area contributed by atoms with Crippen LogP contribution in [0.4, 0.5) is 5.13 Å². The number of rotatable bonds is 2. The van der Waals surface area contributed by atoms with Crippen LogP contribution in [0.3, 0.4) is 0 Å². The van der Waals surface area contributed by atoms with Crippen molar-refractivity contribution in [2.45, 2.75) is 27.7 Å². The lowest BCUT2D eigenvalue weighted by molar-refractivity contribution is 1.21. The zero-order valence-corrected chi connectivity index (χ0v) is 11.8. The van der Waals surface area contributed by atoms with E-state index in [1.807, 2.05) is 7.05 Å². The SMILES string of the molecule is CNc1nc(-c2cc(C)c(C)c(C)c2C)cs1. The van der Waals surface area contributed by atoms with Crippen LogP contribution in [0.25, 0.3) is 11.3 Å². The van der Waals surface area contributed by atoms with Crippen molar-refractivity contribution < 1.29 is 0 Å². The van der Waals surface area contributed by atoms with Gasteiger partial charge < -0.3 is 5.32 Å². The number of nitrogens with one attached hydrogen (secondary N) is 1. The molecule has 0 bridgehead atoms. The fourth-order valence-corrected chi connectivity index (χ4v) is 2.66. The van der Waals surface area contributed by atoms with Crippen LogP contribution in [0.2, 0.25) is 0 Å². The predicted octanol–water partition coefficient (Wildman–Crippen LogP) is 4.09. The summed E-state index contributed by atoms with van der Waals surface area (Å²) < 4.78 is 0. The molecule has 3 heteroatoms. The Bertz CT molecular complexity index is 556. The molecule has 90 valence electrons. The van der Waals surface area contributed by atoms with E-state index in [-0.39, 0.29) is 0 Å². The van der Waals surface area contributed by atoms with Gasteiger partial charge in [-0.25, -0.2) is 4.98 Å². The molecular weight excluding hydrogens is 228 g/mol. The van der Waals surface area contributed by atoms with Crippen LogP contribution in [0.1, 0.15) is 22.3 Å². The number of anilines is 1. The molecule has 1 N–H and O–H groups in total. The van der Waals surface area contributed by atoms with Crippen LogP contribution in [0.5, 0.6) is 0 Å². The van der Waals surface area contributed by atoms with Crippen molar-refractivity contribution in [3.8, 4) is 11.3 Å². The molecule has 0 aliphatic heterocycles. The molecule has 1 heterocycles. The Balaban J connectivity index is 2.59. The Morgan fingerprint density at radius 3 is 2.35 bits per heavy atom. The molecule has 0 saturated carbocycles. The van der Waals surface area contributed by atoms with E-state index in [1.165, 1.54) is 27.8 Å². The van der Waals surface area contributed by atoms with Crippen molar-refractivity contribution in [3.63, 3.8) is 0 Å². The summed E-state index contributed by atoms with van der Waals surface area (Å²) in [6.45, 7) is 8.71. The number of benzene rings is 1. The highest BCUT2D eigenvalue weighted by Gasteiger charge is 2.11. The van der Waals surface area contributed by atoms with Crippen LogP contribution in [-0.4, -0.2) is 12.0 Å². The van der Waals surface area contributed by atoms with Crippen molar-refractivity contribution in [2.24, 2.45) is 0 Å². The Kier molecular flexibility index (Phi) is 3.20. The first-order valence-electron chi connectivity index (χ1n) is 5.75. The summed E-state index contributed by atoms with van der Waals surface area (Å²) in [6, 6.07) is 2.24. The molecule has 1 aromatic carbocycles. The molecular formula is C14H18N2S. The van der Waals surface area contributed by atoms with Gasteiger partial charge in [-0.15, -0.1) is 11.3 Å². The van der Waals surface area contributed by atoms with E-state index in [4.69, 9.17) is 0 Å². The van der Waals surface area contributed by atoms with Crippen LogP contribution in [-0.2, 0) is 0 Å². The van der Waals surface area contributed by atoms with Crippen molar-refractivity contribution in [1.29, 1.82) is 0 Å². The summed E-state index contributed by atoms with van der Waals surface area (Å²) in [6.07, 6.45) is 0. The Hall–Kier alpha value is -1.35. The molecule has 0 unspecified atom stereocenters. The molecule has 2 aromatic rings. The van der Waals surface area contributed by atoms with Crippen molar-refractivity contribution in [3.05, 3.63) is 33.7 Å². The highest BCUT2D eigenvalue weighted by molar-refractivity contribution is 7.14. The molecule has 0 spiro atoms. The Morgan fingerprint density at radius 2 is 1.76 bits per heavy atom. The van der Waals surface area contributed by atoms with Gasteiger partial charge in [-0.05, 0) is 56.0 Å². The summed E-state index contributed by atoms with van der Waals surface area (Å²) in [7, 11) is 1.90. The highest BCUT2D eigenvalue weighted by Crippen LogP contribution is 2.31. The third kappa shape index (κ3) is 2.07. The van der Waals surface area contributed by atoms with Gasteiger partial charge in [0.25, 0.3) is 0 Å². The Labute approximate surface area is 107 Å². The summed E-state index contributed by atoms with van der Waals surface area (Å²) in [4.78, 5) is 4.58. The van der Waals surface area contributed by atoms with Gasteiger partial charge in [0, 0.05) is 18.0 Å². The van der Waals surface area contributed by atoms with E-state index in [1.54, 1.807) is 11.3 Å². The molecule has 0 fully saturated rings. The first kappa shape index (κ1) is 12.1. The normalized spacial score (nSPS) is 10.6. The van der Waals surface area contributed by atoms with Crippen LogP contribution in [0, 0.1) is 27.7 Å². The lowest BCUT2D eigenvalue weighted by Crippen LogP contribution is -1.95. The fourth-order valence-electron chi connectivity index (χ4n) is 1.99. The van der Waals surface area contributed by atoms with E-state index < -0.39 is 0 Å². The van der Waals surface area contributed by atoms with Crippen LogP contribution in [0.15, 0.2) is 11.4 Å². The maximum absolute atomic E-state index is 4.58. The van der Waals surface area contributed by atoms with E-state index >= 15 is 0 Å². The Morgan fingerprint density at radius 1 is 1.06 bits per heavy atom. The maximum atomic E-state index is 4.58. The number of hydrogen-bond donors (Lipinski definition) is 1. The third-order valence-electron chi connectivity index (χ3n) is 3.48. The fraction of sp³-hybridized carbons (Fsp3) is 0.357. The zero-order valence-electron chi connectivity index (χ0n) is 11.0. The van der Waals surface area contributed by atoms with E-state index in [0.29, 0.717) is 0 Å². The number of aromatic nitrogens is 1. The summed E-state index contributed by atoms with van der Waals surface area (Å²) in [5, 5.41) is 6.17. The second kappa shape index (κ2) is 4.49. The van der Waals surface area contributed by atoms with Gasteiger partial charge in [-0.2, -0.15) is 0 Å². The molecule has 0 aliphatic rings. The molecule has 0 atom stereocenters. The van der Waals surface area contributed by atoms with Gasteiger partial charge in [-0.3, -0.25) is 0 Å². The first-order valence-corrected chi connectivity index (χ1v) is 6.63. The molecule has 17 heavy (non-hydrogen) atoms. The lowest BCUT2D eigenvalue weighted by atomic mass is 9.93. The number of thiazole rings is 1. The number of aryl methyl sites for hydroxylation is 1. The largest absolute Gasteiger partial charge is 0.365 e. The van der Waals surface area contributed by atoms with Crippen molar-refractivity contribution in [1.82, 2.24) is 4.98 Å². The molecule has 2 nitrogen and oxygen atoms in total. The quantitative estimate of drug-likeness (QED) is 0.863. The summed E-state index contributed by atoms with van der Waals surface area (Å²) in [5.74, 6) is 0. The van der Waals surface area contributed by atoms with Crippen molar-refractivity contribution >= 4 is 16.5 Å². The number of nitrogens with zero attached hydrogens (tertiary/aromatic N) is 1. The van der Waals surface area contributed by atoms with Gasteiger partial charge in [0.1, 0.15) is 0 Å². The van der Waals surface area contributed by atoms with E-state index in [0.717, 1.165) is 10.8 Å². The van der Waals surface area contributed by atoms with Gasteiger partial charge in [0.15, 0.2) is 5.13 Å². The van der Waals surface area contributed by atoms with Gasteiger partial charge >= 0.3 is 0 Å². The van der Waals surface area contributed by atoms with Gasteiger partial charge in [0.2, 0.25) is 0 Å². The first-order chi connectivity index (χ1) is 8.04. The standard InChI is InChI=1S/C14H18N2S/c1-8-6-12(11(4)10(3)9(8)2)13-7-17-14(15-5)16-13/h6-7H,1-5H3,(H,15,16). The number of hydrogen-bond acceptors (Lipinski definition) is 3. The molecule has 0 amide bonds. The van der Waals surface area contributed by atoms with Crippen LogP contribution < -0.4 is 5.32 Å². The highest BCUT2D eigenvalue weighted by atomic mass is 32.1. The predicted molar refractivity (Wildman–Crippen MR) is 76.0 cm³/mol. The maximum Gasteiger partial charge on any atom is 0.182 e. The summed E-state index contributed by atoms with van der Waals surface area (Å²) in [5.41, 5.74) is 7.75. The van der Waals surface area contributed by atoms with Crippen LogP contribution >= 0.6 is 11.3 Å². The molecule has 1 aromatic heterocycles. The minimum Gasteiger partial charge on any atom is -0.365 e. The molecule has 0 saturated heterocycles. The molecule has 2 rings (SSSR count). The van der Waals surface area contributed by atoms with Gasteiger partial charge in [-0.1, -0.05) is 0 Å². The van der Waals surface area contributed by atoms with E-state index in [2.05, 4.69) is 49.4 Å². The zero-order chi connectivity index (χ0) is 12.6. The third-order valence-corrected chi connectivity index (χ3v) is 4.34. The second-order valence-electron chi connectivity index (χ2n) is 4.40. The molecule has 0 aliphatic carbocycles. The van der Waals surface area contributed by atoms with E-state index in [9.17, 15) is 0 Å². The van der Waals surface area contributed by atoms with Crippen molar-refractivity contribution in [2.75, 3.05) is 12.4 Å². The van der Waals surface area contributed by atoms with Gasteiger partial charge in [0.05, 0.1) is 5.69 Å². The second-order valence-corrected chi connectivity index (χ2v) is 5.26. The smallest absolute Gasteiger partial charge is 0.182 e. The monoisotopic (exact) mass is 246 g/mol.